The Morgan fingerprint density at radius 2 is 1.77 bits per heavy atom. The SMILES string of the molecule is COc1cc(OC)c(OC)cc1CNC(=O)COC(=O)c1cc2c(s1)CCC(C)C2. The van der Waals surface area contributed by atoms with E-state index in [4.69, 9.17) is 18.9 Å². The van der Waals surface area contributed by atoms with Gasteiger partial charge in [0.15, 0.2) is 18.1 Å². The molecule has 1 aliphatic carbocycles. The lowest BCUT2D eigenvalue weighted by molar-refractivity contribution is -0.124. The number of benzene rings is 1. The molecule has 1 aromatic heterocycles. The molecule has 1 aliphatic rings. The van der Waals surface area contributed by atoms with Crippen LogP contribution in [0.1, 0.15) is 39.0 Å². The second-order valence-corrected chi connectivity index (χ2v) is 8.42. The molecule has 1 atom stereocenters. The van der Waals surface area contributed by atoms with Crippen LogP contribution in [0.25, 0.3) is 0 Å². The van der Waals surface area contributed by atoms with Gasteiger partial charge in [-0.15, -0.1) is 11.3 Å². The third-order valence-electron chi connectivity index (χ3n) is 5.13. The molecular formula is C22H27NO6S. The quantitative estimate of drug-likeness (QED) is 0.643. The average molecular weight is 434 g/mol. The smallest absolute Gasteiger partial charge is 0.348 e. The third-order valence-corrected chi connectivity index (χ3v) is 6.34. The van der Waals surface area contributed by atoms with Gasteiger partial charge in [-0.2, -0.15) is 0 Å². The number of hydrogen-bond donors (Lipinski definition) is 1. The molecule has 0 saturated carbocycles. The summed E-state index contributed by atoms with van der Waals surface area (Å²) >= 11 is 1.47. The molecule has 0 bridgehead atoms. The molecule has 1 N–H and O–H groups in total. The van der Waals surface area contributed by atoms with E-state index in [9.17, 15) is 9.59 Å². The van der Waals surface area contributed by atoms with Gasteiger partial charge in [0.2, 0.25) is 0 Å². The molecule has 30 heavy (non-hydrogen) atoms. The molecule has 1 aromatic carbocycles. The van der Waals surface area contributed by atoms with Crippen molar-refractivity contribution >= 4 is 23.2 Å². The predicted octanol–water partition coefficient (Wildman–Crippen LogP) is 3.37. The fourth-order valence-corrected chi connectivity index (χ4v) is 4.59. The van der Waals surface area contributed by atoms with Gasteiger partial charge < -0.3 is 24.3 Å². The molecule has 1 heterocycles. The van der Waals surface area contributed by atoms with Crippen molar-refractivity contribution in [3.63, 3.8) is 0 Å². The monoisotopic (exact) mass is 433 g/mol. The standard InChI is InChI=1S/C22H27NO6S/c1-13-5-6-19-14(7-13)9-20(30-19)22(25)29-12-21(24)23-11-15-8-17(27-3)18(28-4)10-16(15)26-2/h8-10,13H,5-7,11-12H2,1-4H3,(H,23,24). The Balaban J connectivity index is 1.55. The summed E-state index contributed by atoms with van der Waals surface area (Å²) < 4.78 is 21.1. The molecular weight excluding hydrogens is 406 g/mol. The van der Waals surface area contributed by atoms with Crippen molar-refractivity contribution in [3.8, 4) is 17.2 Å². The van der Waals surface area contributed by atoms with E-state index in [2.05, 4.69) is 12.2 Å². The van der Waals surface area contributed by atoms with Gasteiger partial charge in [0.25, 0.3) is 5.91 Å². The number of nitrogens with one attached hydrogen (secondary N) is 1. The largest absolute Gasteiger partial charge is 0.496 e. The van der Waals surface area contributed by atoms with Crippen LogP contribution in [0.3, 0.4) is 0 Å². The lowest BCUT2D eigenvalue weighted by Gasteiger charge is -2.16. The lowest BCUT2D eigenvalue weighted by atomic mass is 9.90. The molecule has 162 valence electrons. The maximum atomic E-state index is 12.3. The number of thiophene rings is 1. The van der Waals surface area contributed by atoms with Crippen LogP contribution in [0.4, 0.5) is 0 Å². The van der Waals surface area contributed by atoms with E-state index in [1.807, 2.05) is 6.07 Å². The molecule has 0 saturated heterocycles. The fraction of sp³-hybridized carbons (Fsp3) is 0.455. The zero-order valence-electron chi connectivity index (χ0n) is 17.7. The Bertz CT molecular complexity index is 923. The highest BCUT2D eigenvalue weighted by molar-refractivity contribution is 7.14. The van der Waals surface area contributed by atoms with Crippen LogP contribution < -0.4 is 19.5 Å². The Morgan fingerprint density at radius 1 is 1.07 bits per heavy atom. The molecule has 0 spiro atoms. The van der Waals surface area contributed by atoms with Crippen molar-refractivity contribution in [1.82, 2.24) is 5.32 Å². The number of amides is 1. The summed E-state index contributed by atoms with van der Waals surface area (Å²) in [6.07, 6.45) is 3.14. The fourth-order valence-electron chi connectivity index (χ4n) is 3.48. The van der Waals surface area contributed by atoms with Crippen LogP contribution in [-0.4, -0.2) is 39.8 Å². The average Bonchev–Trinajstić information content (AvgIpc) is 3.18. The lowest BCUT2D eigenvalue weighted by Crippen LogP contribution is -2.28. The highest BCUT2D eigenvalue weighted by Gasteiger charge is 2.22. The van der Waals surface area contributed by atoms with Crippen LogP contribution in [0.2, 0.25) is 0 Å². The number of carbonyl (C=O) groups excluding carboxylic acids is 2. The first-order valence-electron chi connectivity index (χ1n) is 9.79. The number of rotatable bonds is 8. The summed E-state index contributed by atoms with van der Waals surface area (Å²) in [6, 6.07) is 5.34. The zero-order chi connectivity index (χ0) is 21.7. The molecule has 0 aliphatic heterocycles. The van der Waals surface area contributed by atoms with E-state index in [0.717, 1.165) is 24.8 Å². The highest BCUT2D eigenvalue weighted by Crippen LogP contribution is 2.35. The van der Waals surface area contributed by atoms with Gasteiger partial charge >= 0.3 is 5.97 Å². The summed E-state index contributed by atoms with van der Waals surface area (Å²) in [5, 5.41) is 2.73. The minimum absolute atomic E-state index is 0.200. The van der Waals surface area contributed by atoms with Gasteiger partial charge in [0.1, 0.15) is 10.6 Å². The van der Waals surface area contributed by atoms with E-state index in [1.54, 1.807) is 12.1 Å². The van der Waals surface area contributed by atoms with E-state index < -0.39 is 11.9 Å². The number of carbonyl (C=O) groups is 2. The number of methoxy groups -OCH3 is 3. The van der Waals surface area contributed by atoms with Gasteiger partial charge in [0, 0.05) is 23.1 Å². The predicted molar refractivity (Wildman–Crippen MR) is 114 cm³/mol. The van der Waals surface area contributed by atoms with Gasteiger partial charge in [-0.05, 0) is 42.9 Å². The van der Waals surface area contributed by atoms with Gasteiger partial charge in [-0.25, -0.2) is 4.79 Å². The minimum atomic E-state index is -0.457. The van der Waals surface area contributed by atoms with Crippen LogP contribution in [-0.2, 0) is 28.9 Å². The molecule has 3 rings (SSSR count). The van der Waals surface area contributed by atoms with Crippen LogP contribution in [0.15, 0.2) is 18.2 Å². The summed E-state index contributed by atoms with van der Waals surface area (Å²) in [4.78, 5) is 26.3. The number of aryl methyl sites for hydroxylation is 1. The maximum absolute atomic E-state index is 12.3. The molecule has 1 amide bonds. The van der Waals surface area contributed by atoms with Gasteiger partial charge in [0.05, 0.1) is 21.3 Å². The minimum Gasteiger partial charge on any atom is -0.496 e. The van der Waals surface area contributed by atoms with Crippen molar-refractivity contribution in [2.24, 2.45) is 5.92 Å². The second-order valence-electron chi connectivity index (χ2n) is 7.28. The van der Waals surface area contributed by atoms with E-state index >= 15 is 0 Å². The van der Waals surface area contributed by atoms with Crippen molar-refractivity contribution in [2.45, 2.75) is 32.7 Å². The first-order valence-corrected chi connectivity index (χ1v) is 10.6. The molecule has 0 fully saturated rings. The first kappa shape index (κ1) is 22.0. The number of fused-ring (bicyclic) bond motifs is 1. The third kappa shape index (κ3) is 5.05. The number of ether oxygens (including phenoxy) is 4. The second kappa shape index (κ2) is 9.84. The Kier molecular flexibility index (Phi) is 7.20. The topological polar surface area (TPSA) is 83.1 Å². The number of hydrogen-bond acceptors (Lipinski definition) is 7. The van der Waals surface area contributed by atoms with Crippen molar-refractivity contribution in [2.75, 3.05) is 27.9 Å². The molecule has 2 aromatic rings. The van der Waals surface area contributed by atoms with Crippen molar-refractivity contribution < 1.29 is 28.5 Å². The normalized spacial score (nSPS) is 15.1. The maximum Gasteiger partial charge on any atom is 0.348 e. The molecule has 7 nitrogen and oxygen atoms in total. The molecule has 0 radical (unpaired) electrons. The van der Waals surface area contributed by atoms with Crippen molar-refractivity contribution in [1.29, 1.82) is 0 Å². The Hall–Kier alpha value is -2.74. The Labute approximate surface area is 180 Å². The van der Waals surface area contributed by atoms with Crippen LogP contribution in [0.5, 0.6) is 17.2 Å². The highest BCUT2D eigenvalue weighted by atomic mass is 32.1. The summed E-state index contributed by atoms with van der Waals surface area (Å²) in [5.41, 5.74) is 1.95. The summed E-state index contributed by atoms with van der Waals surface area (Å²) in [6.45, 7) is 2.08. The van der Waals surface area contributed by atoms with E-state index in [1.165, 1.54) is 43.1 Å². The molecule has 8 heteroatoms. The van der Waals surface area contributed by atoms with Crippen molar-refractivity contribution in [3.05, 3.63) is 39.1 Å². The summed E-state index contributed by atoms with van der Waals surface area (Å²) in [7, 11) is 4.61. The first-order chi connectivity index (χ1) is 14.4. The van der Waals surface area contributed by atoms with Gasteiger partial charge in [-0.3, -0.25) is 4.79 Å². The van der Waals surface area contributed by atoms with Crippen LogP contribution in [0, 0.1) is 5.92 Å². The van der Waals surface area contributed by atoms with Crippen LogP contribution >= 0.6 is 11.3 Å². The van der Waals surface area contributed by atoms with Gasteiger partial charge in [-0.1, -0.05) is 6.92 Å². The summed E-state index contributed by atoms with van der Waals surface area (Å²) in [5.74, 6) is 1.41. The molecule has 1 unspecified atom stereocenters. The van der Waals surface area contributed by atoms with E-state index in [0.29, 0.717) is 28.0 Å². The number of esters is 1. The Morgan fingerprint density at radius 3 is 2.47 bits per heavy atom. The van der Waals surface area contributed by atoms with E-state index in [-0.39, 0.29) is 13.2 Å². The zero-order valence-corrected chi connectivity index (χ0v) is 18.5.